The van der Waals surface area contributed by atoms with Crippen molar-refractivity contribution in [3.63, 3.8) is 0 Å². The fourth-order valence-electron chi connectivity index (χ4n) is 3.12. The number of carbonyl (C=O) groups excluding carboxylic acids is 1. The lowest BCUT2D eigenvalue weighted by molar-refractivity contribution is 0.0978. The highest BCUT2D eigenvalue weighted by Gasteiger charge is 2.25. The van der Waals surface area contributed by atoms with Crippen LogP contribution < -0.4 is 4.90 Å². The molecule has 1 amide bonds. The molecule has 3 aromatic heterocycles. The van der Waals surface area contributed by atoms with E-state index in [1.807, 2.05) is 44.4 Å². The summed E-state index contributed by atoms with van der Waals surface area (Å²) >= 11 is 1.52. The van der Waals surface area contributed by atoms with E-state index in [2.05, 4.69) is 29.1 Å². The van der Waals surface area contributed by atoms with Gasteiger partial charge in [0.25, 0.3) is 5.91 Å². The lowest BCUT2D eigenvalue weighted by Crippen LogP contribution is -2.31. The van der Waals surface area contributed by atoms with Crippen LogP contribution in [-0.2, 0) is 20.0 Å². The molecule has 0 aliphatic rings. The Morgan fingerprint density at radius 3 is 2.79 bits per heavy atom. The summed E-state index contributed by atoms with van der Waals surface area (Å²) in [5.41, 5.74) is 4.23. The van der Waals surface area contributed by atoms with Crippen LogP contribution in [0.4, 0.5) is 5.13 Å². The van der Waals surface area contributed by atoms with Crippen molar-refractivity contribution in [2.75, 3.05) is 4.90 Å². The fraction of sp³-hybridized carbons (Fsp3) is 0.238. The topological polar surface area (TPSA) is 63.9 Å². The van der Waals surface area contributed by atoms with Crippen LogP contribution in [0.1, 0.15) is 34.2 Å². The second-order valence-corrected chi connectivity index (χ2v) is 7.71. The molecule has 28 heavy (non-hydrogen) atoms. The molecule has 0 saturated carbocycles. The second kappa shape index (κ2) is 7.52. The molecule has 0 unspecified atom stereocenters. The fourth-order valence-corrected chi connectivity index (χ4v) is 4.15. The van der Waals surface area contributed by atoms with E-state index in [4.69, 9.17) is 4.98 Å². The molecule has 4 rings (SSSR count). The van der Waals surface area contributed by atoms with Crippen molar-refractivity contribution in [2.24, 2.45) is 7.05 Å². The molecular formula is C21H21N5OS. The first-order valence-corrected chi connectivity index (χ1v) is 9.98. The number of rotatable bonds is 5. The zero-order valence-corrected chi connectivity index (χ0v) is 16.9. The van der Waals surface area contributed by atoms with Crippen LogP contribution in [-0.4, -0.2) is 25.7 Å². The van der Waals surface area contributed by atoms with Crippen molar-refractivity contribution >= 4 is 32.6 Å². The number of amides is 1. The number of thiazole rings is 1. The van der Waals surface area contributed by atoms with Crippen molar-refractivity contribution in [3.05, 3.63) is 71.3 Å². The monoisotopic (exact) mass is 391 g/mol. The highest BCUT2D eigenvalue weighted by Crippen LogP contribution is 2.31. The quantitative estimate of drug-likeness (QED) is 0.513. The third kappa shape index (κ3) is 3.53. The Morgan fingerprint density at radius 1 is 1.25 bits per heavy atom. The van der Waals surface area contributed by atoms with Crippen LogP contribution in [0, 0.1) is 6.92 Å². The van der Waals surface area contributed by atoms with E-state index in [-0.39, 0.29) is 5.91 Å². The average Bonchev–Trinajstić information content (AvgIpc) is 3.27. The predicted molar refractivity (Wildman–Crippen MR) is 112 cm³/mol. The molecular weight excluding hydrogens is 370 g/mol. The summed E-state index contributed by atoms with van der Waals surface area (Å²) in [7, 11) is 1.82. The normalized spacial score (nSPS) is 11.1. The van der Waals surface area contributed by atoms with Crippen molar-refractivity contribution < 1.29 is 4.79 Å². The molecule has 0 aliphatic heterocycles. The highest BCUT2D eigenvalue weighted by molar-refractivity contribution is 7.22. The van der Waals surface area contributed by atoms with Gasteiger partial charge in [0, 0.05) is 25.0 Å². The standard InChI is InChI=1S/C21H21N5OS/c1-4-15-8-9-17-18(11-15)28-21(23-17)26(13-16-7-5-6-10-22-16)20(27)19-14(2)12-25(3)24-19/h5-12H,4,13H2,1-3H3. The third-order valence-electron chi connectivity index (χ3n) is 4.59. The molecule has 1 aromatic carbocycles. The number of carbonyl (C=O) groups is 1. The Bertz CT molecular complexity index is 1130. The van der Waals surface area contributed by atoms with Crippen LogP contribution >= 0.6 is 11.3 Å². The van der Waals surface area contributed by atoms with E-state index >= 15 is 0 Å². The molecule has 142 valence electrons. The lowest BCUT2D eigenvalue weighted by atomic mass is 10.2. The molecule has 0 bridgehead atoms. The maximum atomic E-state index is 13.4. The average molecular weight is 392 g/mol. The molecule has 3 heterocycles. The molecule has 7 heteroatoms. The summed E-state index contributed by atoms with van der Waals surface area (Å²) < 4.78 is 2.74. The molecule has 0 aliphatic carbocycles. The molecule has 0 fully saturated rings. The van der Waals surface area contributed by atoms with Crippen LogP contribution in [0.25, 0.3) is 10.2 Å². The summed E-state index contributed by atoms with van der Waals surface area (Å²) in [6.45, 7) is 4.37. The van der Waals surface area contributed by atoms with Crippen LogP contribution in [0.2, 0.25) is 0 Å². The van der Waals surface area contributed by atoms with E-state index in [9.17, 15) is 4.79 Å². The highest BCUT2D eigenvalue weighted by atomic mass is 32.1. The Balaban J connectivity index is 1.78. The van der Waals surface area contributed by atoms with Crippen LogP contribution in [0.15, 0.2) is 48.8 Å². The van der Waals surface area contributed by atoms with Crippen LogP contribution in [0.3, 0.4) is 0 Å². The Hall–Kier alpha value is -3.06. The van der Waals surface area contributed by atoms with Crippen LogP contribution in [0.5, 0.6) is 0 Å². The summed E-state index contributed by atoms with van der Waals surface area (Å²) in [4.78, 5) is 24.2. The lowest BCUT2D eigenvalue weighted by Gasteiger charge is -2.18. The zero-order chi connectivity index (χ0) is 19.7. The Kier molecular flexibility index (Phi) is 4.92. The number of hydrogen-bond donors (Lipinski definition) is 0. The summed E-state index contributed by atoms with van der Waals surface area (Å²) in [5.74, 6) is -0.168. The van der Waals surface area contributed by atoms with Gasteiger partial charge in [0.05, 0.1) is 22.5 Å². The van der Waals surface area contributed by atoms with E-state index < -0.39 is 0 Å². The van der Waals surface area contributed by atoms with Gasteiger partial charge in [-0.3, -0.25) is 19.4 Å². The van der Waals surface area contributed by atoms with Gasteiger partial charge in [0.15, 0.2) is 10.8 Å². The maximum absolute atomic E-state index is 13.4. The summed E-state index contributed by atoms with van der Waals surface area (Å²) in [6.07, 6.45) is 4.54. The van der Waals surface area contributed by atoms with E-state index in [1.54, 1.807) is 15.8 Å². The number of pyridine rings is 1. The molecule has 6 nitrogen and oxygen atoms in total. The van der Waals surface area contributed by atoms with Gasteiger partial charge in [-0.15, -0.1) is 0 Å². The van der Waals surface area contributed by atoms with E-state index in [0.29, 0.717) is 17.4 Å². The van der Waals surface area contributed by atoms with Gasteiger partial charge in [-0.2, -0.15) is 5.10 Å². The number of nitrogens with zero attached hydrogens (tertiary/aromatic N) is 5. The van der Waals surface area contributed by atoms with Gasteiger partial charge in [0.2, 0.25) is 0 Å². The minimum absolute atomic E-state index is 0.168. The summed E-state index contributed by atoms with van der Waals surface area (Å²) in [5, 5.41) is 5.02. The van der Waals surface area contributed by atoms with Gasteiger partial charge in [0.1, 0.15) is 0 Å². The summed E-state index contributed by atoms with van der Waals surface area (Å²) in [6, 6.07) is 11.9. The van der Waals surface area contributed by atoms with Gasteiger partial charge in [-0.1, -0.05) is 30.4 Å². The molecule has 4 aromatic rings. The minimum atomic E-state index is -0.168. The second-order valence-electron chi connectivity index (χ2n) is 6.70. The van der Waals surface area contributed by atoms with Crippen molar-refractivity contribution in [2.45, 2.75) is 26.8 Å². The zero-order valence-electron chi connectivity index (χ0n) is 16.1. The Labute approximate surface area is 167 Å². The molecule has 0 atom stereocenters. The first kappa shape index (κ1) is 18.3. The minimum Gasteiger partial charge on any atom is -0.276 e. The molecule has 0 saturated heterocycles. The van der Waals surface area contributed by atoms with Gasteiger partial charge in [-0.05, 0) is 43.2 Å². The predicted octanol–water partition coefficient (Wildman–Crippen LogP) is 4.14. The molecule has 0 spiro atoms. The smallest absolute Gasteiger partial charge is 0.276 e. The maximum Gasteiger partial charge on any atom is 0.281 e. The third-order valence-corrected chi connectivity index (χ3v) is 5.63. The number of benzene rings is 1. The number of aryl methyl sites for hydroxylation is 3. The first-order valence-electron chi connectivity index (χ1n) is 9.16. The number of aromatic nitrogens is 4. The Morgan fingerprint density at radius 2 is 2.11 bits per heavy atom. The first-order chi connectivity index (χ1) is 13.5. The SMILES string of the molecule is CCc1ccc2nc(N(Cc3ccccn3)C(=O)c3nn(C)cc3C)sc2c1. The van der Waals surface area contributed by atoms with Crippen molar-refractivity contribution in [1.29, 1.82) is 0 Å². The van der Waals surface area contributed by atoms with Gasteiger partial charge < -0.3 is 0 Å². The van der Waals surface area contributed by atoms with Crippen molar-refractivity contribution in [1.82, 2.24) is 19.7 Å². The molecule has 0 radical (unpaired) electrons. The number of anilines is 1. The van der Waals surface area contributed by atoms with Gasteiger partial charge in [-0.25, -0.2) is 4.98 Å². The van der Waals surface area contributed by atoms with Crippen molar-refractivity contribution in [3.8, 4) is 0 Å². The largest absolute Gasteiger partial charge is 0.281 e. The van der Waals surface area contributed by atoms with E-state index in [1.165, 1.54) is 16.9 Å². The number of hydrogen-bond acceptors (Lipinski definition) is 5. The van der Waals surface area contributed by atoms with E-state index in [0.717, 1.165) is 27.9 Å². The molecule has 0 N–H and O–H groups in total. The number of fused-ring (bicyclic) bond motifs is 1. The van der Waals surface area contributed by atoms with Gasteiger partial charge >= 0.3 is 0 Å².